The van der Waals surface area contributed by atoms with Gasteiger partial charge in [-0.25, -0.2) is 4.98 Å². The zero-order valence-corrected chi connectivity index (χ0v) is 8.71. The van der Waals surface area contributed by atoms with Gasteiger partial charge in [0.25, 0.3) is 0 Å². The summed E-state index contributed by atoms with van der Waals surface area (Å²) in [6.45, 7) is 0. The van der Waals surface area contributed by atoms with Crippen LogP contribution in [-0.4, -0.2) is 24.7 Å². The zero-order valence-electron chi connectivity index (χ0n) is 8.71. The van der Waals surface area contributed by atoms with E-state index in [1.165, 1.54) is 18.4 Å². The van der Waals surface area contributed by atoms with Gasteiger partial charge in [0.15, 0.2) is 0 Å². The number of nitrogens with zero attached hydrogens (tertiary/aromatic N) is 1. The highest BCUT2D eigenvalue weighted by Gasteiger charge is 2.40. The van der Waals surface area contributed by atoms with Crippen molar-refractivity contribution in [1.82, 2.24) is 10.3 Å². The normalized spacial score (nSPS) is 17.9. The lowest BCUT2D eigenvalue weighted by Crippen LogP contribution is -2.29. The first-order valence-corrected chi connectivity index (χ1v) is 4.96. The summed E-state index contributed by atoms with van der Waals surface area (Å²) in [5, 5.41) is 3.37. The van der Waals surface area contributed by atoms with Crippen LogP contribution in [0, 0.1) is 0 Å². The Balaban J connectivity index is 2.03. The molecule has 0 bridgehead atoms. The fraction of sp³-hybridized carbons (Fsp3) is 0.545. The third kappa shape index (κ3) is 1.87. The van der Waals surface area contributed by atoms with E-state index < -0.39 is 0 Å². The summed E-state index contributed by atoms with van der Waals surface area (Å²) in [6, 6.07) is 4.00. The van der Waals surface area contributed by atoms with Gasteiger partial charge in [-0.2, -0.15) is 0 Å². The van der Waals surface area contributed by atoms with Crippen LogP contribution in [0.5, 0.6) is 5.88 Å². The number of nitrogens with one attached hydrogen (secondary N) is 1. The van der Waals surface area contributed by atoms with Crippen LogP contribution < -0.4 is 10.1 Å². The summed E-state index contributed by atoms with van der Waals surface area (Å²) in [5.74, 6) is 0.683. The molecule has 0 aliphatic heterocycles. The highest BCUT2D eigenvalue weighted by atomic mass is 16.5. The van der Waals surface area contributed by atoms with Gasteiger partial charge in [-0.05, 0) is 31.9 Å². The topological polar surface area (TPSA) is 34.1 Å². The van der Waals surface area contributed by atoms with Crippen molar-refractivity contribution < 1.29 is 4.74 Å². The number of hydrogen-bond donors (Lipinski definition) is 1. The number of rotatable bonds is 4. The quantitative estimate of drug-likeness (QED) is 0.782. The summed E-state index contributed by atoms with van der Waals surface area (Å²) >= 11 is 0. The molecule has 0 spiro atoms. The van der Waals surface area contributed by atoms with E-state index in [4.69, 9.17) is 4.74 Å². The average molecular weight is 192 g/mol. The van der Waals surface area contributed by atoms with Gasteiger partial charge in [0, 0.05) is 17.8 Å². The summed E-state index contributed by atoms with van der Waals surface area (Å²) in [7, 11) is 3.67. The first kappa shape index (κ1) is 9.46. The number of methoxy groups -OCH3 is 1. The maximum Gasteiger partial charge on any atom is 0.212 e. The molecule has 14 heavy (non-hydrogen) atoms. The third-order valence-corrected chi connectivity index (χ3v) is 2.93. The number of pyridine rings is 1. The molecule has 1 aliphatic rings. The molecule has 0 unspecified atom stereocenters. The molecule has 0 amide bonds. The van der Waals surface area contributed by atoms with Crippen molar-refractivity contribution in [2.24, 2.45) is 0 Å². The Morgan fingerprint density at radius 1 is 1.50 bits per heavy atom. The molecule has 0 saturated heterocycles. The van der Waals surface area contributed by atoms with Crippen LogP contribution in [0.15, 0.2) is 18.3 Å². The lowest BCUT2D eigenvalue weighted by molar-refractivity contribution is 0.397. The van der Waals surface area contributed by atoms with Gasteiger partial charge in [0.1, 0.15) is 0 Å². The van der Waals surface area contributed by atoms with E-state index in [9.17, 15) is 0 Å². The van der Waals surface area contributed by atoms with E-state index >= 15 is 0 Å². The molecule has 3 nitrogen and oxygen atoms in total. The molecule has 0 radical (unpaired) electrons. The maximum absolute atomic E-state index is 5.01. The fourth-order valence-electron chi connectivity index (χ4n) is 1.69. The Morgan fingerprint density at radius 3 is 2.71 bits per heavy atom. The van der Waals surface area contributed by atoms with Crippen LogP contribution >= 0.6 is 0 Å². The molecule has 0 aromatic carbocycles. The van der Waals surface area contributed by atoms with Gasteiger partial charge in [0.2, 0.25) is 5.88 Å². The molecule has 0 atom stereocenters. The van der Waals surface area contributed by atoms with Gasteiger partial charge in [-0.3, -0.25) is 0 Å². The molecule has 3 heteroatoms. The van der Waals surface area contributed by atoms with Crippen molar-refractivity contribution in [3.05, 3.63) is 23.9 Å². The highest BCUT2D eigenvalue weighted by Crippen LogP contribution is 2.37. The SMILES string of the molecule is CNC1(Cc2ccc(OC)nc2)CC1. The third-order valence-electron chi connectivity index (χ3n) is 2.93. The summed E-state index contributed by atoms with van der Waals surface area (Å²) in [6.07, 6.45) is 5.52. The summed E-state index contributed by atoms with van der Waals surface area (Å²) < 4.78 is 5.01. The second kappa shape index (κ2) is 3.58. The number of likely N-dealkylation sites (N-methyl/N-ethyl adjacent to an activating group) is 1. The van der Waals surface area contributed by atoms with Gasteiger partial charge in [0.05, 0.1) is 7.11 Å². The molecule has 1 aromatic rings. The van der Waals surface area contributed by atoms with Crippen LogP contribution in [0.4, 0.5) is 0 Å². The molecule has 1 aromatic heterocycles. The van der Waals surface area contributed by atoms with Crippen molar-refractivity contribution in [1.29, 1.82) is 0 Å². The Labute approximate surface area is 84.5 Å². The van der Waals surface area contributed by atoms with Gasteiger partial charge in [-0.15, -0.1) is 0 Å². The second-order valence-electron chi connectivity index (χ2n) is 3.92. The highest BCUT2D eigenvalue weighted by molar-refractivity contribution is 5.22. The monoisotopic (exact) mass is 192 g/mol. The maximum atomic E-state index is 5.01. The Bertz CT molecular complexity index is 304. The van der Waals surface area contributed by atoms with E-state index in [0.717, 1.165) is 6.42 Å². The average Bonchev–Trinajstić information content (AvgIpc) is 3.00. The molecular formula is C11H16N2O. The fourth-order valence-corrected chi connectivity index (χ4v) is 1.69. The Kier molecular flexibility index (Phi) is 2.42. The Morgan fingerprint density at radius 2 is 2.29 bits per heavy atom. The van der Waals surface area contributed by atoms with Gasteiger partial charge >= 0.3 is 0 Å². The van der Waals surface area contributed by atoms with E-state index in [0.29, 0.717) is 11.4 Å². The molecule has 1 saturated carbocycles. The van der Waals surface area contributed by atoms with Crippen molar-refractivity contribution in [3.8, 4) is 5.88 Å². The molecule has 76 valence electrons. The van der Waals surface area contributed by atoms with Crippen molar-refractivity contribution in [3.63, 3.8) is 0 Å². The molecule has 1 heterocycles. The van der Waals surface area contributed by atoms with Crippen LogP contribution in [0.1, 0.15) is 18.4 Å². The minimum Gasteiger partial charge on any atom is -0.481 e. The smallest absolute Gasteiger partial charge is 0.212 e. The number of hydrogen-bond acceptors (Lipinski definition) is 3. The number of ether oxygens (including phenoxy) is 1. The minimum atomic E-state index is 0.357. The molecule has 2 rings (SSSR count). The van der Waals surface area contributed by atoms with E-state index in [2.05, 4.69) is 16.4 Å². The standard InChI is InChI=1S/C11H16N2O/c1-12-11(5-6-11)7-9-3-4-10(14-2)13-8-9/h3-4,8,12H,5-7H2,1-2H3. The van der Waals surface area contributed by atoms with E-state index in [-0.39, 0.29) is 0 Å². The minimum absolute atomic E-state index is 0.357. The van der Waals surface area contributed by atoms with Crippen LogP contribution in [0.2, 0.25) is 0 Å². The summed E-state index contributed by atoms with van der Waals surface area (Å²) in [4.78, 5) is 4.19. The van der Waals surface area contributed by atoms with Gasteiger partial charge in [-0.1, -0.05) is 6.07 Å². The summed E-state index contributed by atoms with van der Waals surface area (Å²) in [5.41, 5.74) is 1.63. The van der Waals surface area contributed by atoms with Crippen molar-refractivity contribution >= 4 is 0 Å². The largest absolute Gasteiger partial charge is 0.481 e. The van der Waals surface area contributed by atoms with Crippen LogP contribution in [0.25, 0.3) is 0 Å². The molecular weight excluding hydrogens is 176 g/mol. The molecule has 1 fully saturated rings. The van der Waals surface area contributed by atoms with Crippen molar-refractivity contribution in [2.75, 3.05) is 14.2 Å². The van der Waals surface area contributed by atoms with Crippen LogP contribution in [0.3, 0.4) is 0 Å². The van der Waals surface area contributed by atoms with E-state index in [1.54, 1.807) is 7.11 Å². The molecule has 1 aliphatic carbocycles. The van der Waals surface area contributed by atoms with Gasteiger partial charge < -0.3 is 10.1 Å². The zero-order chi connectivity index (χ0) is 10.0. The number of aromatic nitrogens is 1. The Hall–Kier alpha value is -1.09. The molecule has 1 N–H and O–H groups in total. The lowest BCUT2D eigenvalue weighted by atomic mass is 10.1. The predicted octanol–water partition coefficient (Wildman–Crippen LogP) is 1.38. The van der Waals surface area contributed by atoms with Crippen molar-refractivity contribution in [2.45, 2.75) is 24.8 Å². The predicted molar refractivity (Wildman–Crippen MR) is 55.5 cm³/mol. The first-order chi connectivity index (χ1) is 6.78. The first-order valence-electron chi connectivity index (χ1n) is 4.96. The lowest BCUT2D eigenvalue weighted by Gasteiger charge is -2.13. The van der Waals surface area contributed by atoms with E-state index in [1.807, 2.05) is 19.3 Å². The second-order valence-corrected chi connectivity index (χ2v) is 3.92. The van der Waals surface area contributed by atoms with Crippen LogP contribution in [-0.2, 0) is 6.42 Å².